The van der Waals surface area contributed by atoms with Gasteiger partial charge < -0.3 is 9.84 Å². The molecule has 1 aliphatic heterocycles. The zero-order valence-corrected chi connectivity index (χ0v) is 12.2. The number of hydrogen-bond acceptors (Lipinski definition) is 3. The third-order valence-corrected chi connectivity index (χ3v) is 3.99. The van der Waals surface area contributed by atoms with Crippen LogP contribution in [-0.2, 0) is 16.0 Å². The number of hydrogen-bond donors (Lipinski definition) is 2. The summed E-state index contributed by atoms with van der Waals surface area (Å²) >= 11 is 0. The number of ether oxygens (including phenoxy) is 1. The molecule has 0 aliphatic carbocycles. The van der Waals surface area contributed by atoms with Gasteiger partial charge in [-0.25, -0.2) is 0 Å². The van der Waals surface area contributed by atoms with Crippen LogP contribution in [-0.4, -0.2) is 29.8 Å². The summed E-state index contributed by atoms with van der Waals surface area (Å²) in [5, 5.41) is 12.6. The Morgan fingerprint density at radius 3 is 2.95 bits per heavy atom. The van der Waals surface area contributed by atoms with Crippen molar-refractivity contribution >= 4 is 5.97 Å². The SMILES string of the molecule is CCCC(C)(NCC1OCCc2ccccc21)C(=O)O. The van der Waals surface area contributed by atoms with Gasteiger partial charge in [0, 0.05) is 6.54 Å². The lowest BCUT2D eigenvalue weighted by Gasteiger charge is -2.31. The van der Waals surface area contributed by atoms with Crippen molar-refractivity contribution in [1.29, 1.82) is 0 Å². The van der Waals surface area contributed by atoms with Crippen molar-refractivity contribution in [3.8, 4) is 0 Å². The van der Waals surface area contributed by atoms with Gasteiger partial charge in [-0.2, -0.15) is 0 Å². The predicted molar refractivity (Wildman–Crippen MR) is 77.8 cm³/mol. The Labute approximate surface area is 120 Å². The molecular formula is C16H23NO3. The Morgan fingerprint density at radius 2 is 2.25 bits per heavy atom. The van der Waals surface area contributed by atoms with Crippen LogP contribution >= 0.6 is 0 Å². The van der Waals surface area contributed by atoms with Crippen LogP contribution in [0.2, 0.25) is 0 Å². The summed E-state index contributed by atoms with van der Waals surface area (Å²) < 4.78 is 5.80. The highest BCUT2D eigenvalue weighted by atomic mass is 16.5. The molecule has 20 heavy (non-hydrogen) atoms. The summed E-state index contributed by atoms with van der Waals surface area (Å²) in [5.74, 6) is -0.802. The van der Waals surface area contributed by atoms with Crippen molar-refractivity contribution in [2.75, 3.05) is 13.2 Å². The lowest BCUT2D eigenvalue weighted by molar-refractivity contribution is -0.144. The van der Waals surface area contributed by atoms with Gasteiger partial charge in [-0.15, -0.1) is 0 Å². The molecule has 1 aromatic rings. The van der Waals surface area contributed by atoms with Crippen LogP contribution < -0.4 is 5.32 Å². The normalized spacial score (nSPS) is 21.0. The molecule has 1 heterocycles. The molecule has 0 spiro atoms. The van der Waals surface area contributed by atoms with E-state index in [-0.39, 0.29) is 6.10 Å². The van der Waals surface area contributed by atoms with Crippen molar-refractivity contribution in [1.82, 2.24) is 5.32 Å². The fraction of sp³-hybridized carbons (Fsp3) is 0.562. The third-order valence-electron chi connectivity index (χ3n) is 3.99. The van der Waals surface area contributed by atoms with Crippen molar-refractivity contribution in [2.24, 2.45) is 0 Å². The summed E-state index contributed by atoms with van der Waals surface area (Å²) in [6.45, 7) is 4.96. The molecule has 0 bridgehead atoms. The number of carboxylic acids is 1. The number of nitrogens with one attached hydrogen (secondary N) is 1. The van der Waals surface area contributed by atoms with E-state index < -0.39 is 11.5 Å². The van der Waals surface area contributed by atoms with Crippen molar-refractivity contribution in [2.45, 2.75) is 44.8 Å². The van der Waals surface area contributed by atoms with E-state index in [1.54, 1.807) is 6.92 Å². The first-order valence-electron chi connectivity index (χ1n) is 7.24. The molecule has 0 radical (unpaired) electrons. The minimum atomic E-state index is -0.884. The molecule has 0 saturated carbocycles. The van der Waals surface area contributed by atoms with Gasteiger partial charge in [-0.05, 0) is 30.9 Å². The average Bonchev–Trinajstić information content (AvgIpc) is 2.45. The minimum absolute atomic E-state index is 0.0597. The quantitative estimate of drug-likeness (QED) is 0.839. The second-order valence-electron chi connectivity index (χ2n) is 5.58. The summed E-state index contributed by atoms with van der Waals surface area (Å²) in [4.78, 5) is 11.4. The molecule has 4 nitrogen and oxygen atoms in total. The second kappa shape index (κ2) is 6.37. The van der Waals surface area contributed by atoms with E-state index in [9.17, 15) is 9.90 Å². The maximum Gasteiger partial charge on any atom is 0.323 e. The summed E-state index contributed by atoms with van der Waals surface area (Å²) in [6, 6.07) is 8.22. The number of carbonyl (C=O) groups is 1. The highest BCUT2D eigenvalue weighted by Gasteiger charge is 2.33. The van der Waals surface area contributed by atoms with Gasteiger partial charge in [0.2, 0.25) is 0 Å². The standard InChI is InChI=1S/C16H23NO3/c1-3-9-16(2,15(18)19)17-11-14-13-7-5-4-6-12(13)8-10-20-14/h4-7,14,17H,3,8-11H2,1-2H3,(H,18,19). The third kappa shape index (κ3) is 3.19. The number of benzene rings is 1. The Bertz CT molecular complexity index is 475. The molecule has 0 fully saturated rings. The van der Waals surface area contributed by atoms with Crippen LogP contribution in [0.15, 0.2) is 24.3 Å². The molecule has 1 aromatic carbocycles. The molecule has 1 aliphatic rings. The Balaban J connectivity index is 2.06. The van der Waals surface area contributed by atoms with Gasteiger partial charge in [-0.3, -0.25) is 10.1 Å². The maximum atomic E-state index is 11.4. The van der Waals surface area contributed by atoms with Gasteiger partial charge in [0.1, 0.15) is 5.54 Å². The molecule has 0 saturated heterocycles. The van der Waals surface area contributed by atoms with Crippen LogP contribution in [0.25, 0.3) is 0 Å². The second-order valence-corrected chi connectivity index (χ2v) is 5.58. The Hall–Kier alpha value is -1.39. The van der Waals surface area contributed by atoms with Crippen molar-refractivity contribution in [3.05, 3.63) is 35.4 Å². The molecule has 110 valence electrons. The first-order chi connectivity index (χ1) is 9.57. The summed E-state index contributed by atoms with van der Waals surface area (Å²) in [6.07, 6.45) is 2.31. The molecular weight excluding hydrogens is 254 g/mol. The number of rotatable bonds is 6. The van der Waals surface area contributed by atoms with Crippen LogP contribution in [0.3, 0.4) is 0 Å². The topological polar surface area (TPSA) is 58.6 Å². The fourth-order valence-electron chi connectivity index (χ4n) is 2.73. The molecule has 0 amide bonds. The molecule has 2 rings (SSSR count). The van der Waals surface area contributed by atoms with E-state index in [4.69, 9.17) is 4.74 Å². The van der Waals surface area contributed by atoms with Crippen LogP contribution in [0.1, 0.15) is 43.9 Å². The smallest absolute Gasteiger partial charge is 0.323 e. The number of fused-ring (bicyclic) bond motifs is 1. The monoisotopic (exact) mass is 277 g/mol. The van der Waals surface area contributed by atoms with Crippen LogP contribution in [0, 0.1) is 0 Å². The molecule has 2 N–H and O–H groups in total. The lowest BCUT2D eigenvalue weighted by Crippen LogP contribution is -2.51. The van der Waals surface area contributed by atoms with Gasteiger partial charge in [-0.1, -0.05) is 37.6 Å². The van der Waals surface area contributed by atoms with Gasteiger partial charge >= 0.3 is 5.97 Å². The van der Waals surface area contributed by atoms with Crippen molar-refractivity contribution in [3.63, 3.8) is 0 Å². The van der Waals surface area contributed by atoms with Crippen LogP contribution in [0.4, 0.5) is 0 Å². The highest BCUT2D eigenvalue weighted by molar-refractivity contribution is 5.78. The van der Waals surface area contributed by atoms with Crippen molar-refractivity contribution < 1.29 is 14.6 Å². The number of aliphatic carboxylic acids is 1. The minimum Gasteiger partial charge on any atom is -0.480 e. The molecule has 4 heteroatoms. The van der Waals surface area contributed by atoms with Gasteiger partial charge in [0.15, 0.2) is 0 Å². The van der Waals surface area contributed by atoms with Crippen LogP contribution in [0.5, 0.6) is 0 Å². The van der Waals surface area contributed by atoms with E-state index in [2.05, 4.69) is 17.4 Å². The predicted octanol–water partition coefficient (Wildman–Crippen LogP) is 2.53. The molecule has 0 aromatic heterocycles. The van der Waals surface area contributed by atoms with Gasteiger partial charge in [0.05, 0.1) is 12.7 Å². The van der Waals surface area contributed by atoms with Gasteiger partial charge in [0.25, 0.3) is 0 Å². The van der Waals surface area contributed by atoms with E-state index in [0.29, 0.717) is 19.6 Å². The zero-order chi connectivity index (χ0) is 14.6. The summed E-state index contributed by atoms with van der Waals surface area (Å²) in [7, 11) is 0. The first-order valence-corrected chi connectivity index (χ1v) is 7.24. The Morgan fingerprint density at radius 1 is 1.50 bits per heavy atom. The zero-order valence-electron chi connectivity index (χ0n) is 12.2. The lowest BCUT2D eigenvalue weighted by atomic mass is 9.94. The molecule has 2 atom stereocenters. The number of carboxylic acid groups (broad SMARTS) is 1. The highest BCUT2D eigenvalue weighted by Crippen LogP contribution is 2.27. The largest absolute Gasteiger partial charge is 0.480 e. The van der Waals surface area contributed by atoms with E-state index >= 15 is 0 Å². The summed E-state index contributed by atoms with van der Waals surface area (Å²) in [5.41, 5.74) is 1.60. The van der Waals surface area contributed by atoms with E-state index in [0.717, 1.165) is 12.8 Å². The Kier molecular flexibility index (Phi) is 4.78. The molecule has 2 unspecified atom stereocenters. The van der Waals surface area contributed by atoms with E-state index in [1.807, 2.05) is 19.1 Å². The van der Waals surface area contributed by atoms with E-state index in [1.165, 1.54) is 11.1 Å². The average molecular weight is 277 g/mol. The first kappa shape index (κ1) is 15.0. The fourth-order valence-corrected chi connectivity index (χ4v) is 2.73. The maximum absolute atomic E-state index is 11.4.